The molecular weight excluding hydrogens is 438 g/mol. The van der Waals surface area contributed by atoms with Crippen molar-refractivity contribution in [2.24, 2.45) is 0 Å². The Morgan fingerprint density at radius 2 is 1.87 bits per heavy atom. The van der Waals surface area contributed by atoms with Crippen LogP contribution in [0, 0.1) is 0 Å². The first-order chi connectivity index (χ1) is 14.5. The third kappa shape index (κ3) is 5.08. The molecule has 2 aliphatic rings. The number of likely N-dealkylation sites (tertiary alicyclic amines) is 1. The monoisotopic (exact) mass is 465 g/mol. The van der Waals surface area contributed by atoms with Crippen LogP contribution >= 0.6 is 23.1 Å². The minimum absolute atomic E-state index is 0.0269. The number of piperidine rings is 1. The van der Waals surface area contributed by atoms with Crippen molar-refractivity contribution in [2.75, 3.05) is 37.7 Å². The van der Waals surface area contributed by atoms with E-state index < -0.39 is 10.0 Å². The molecule has 6 nitrogen and oxygen atoms in total. The molecule has 2 fully saturated rings. The van der Waals surface area contributed by atoms with Crippen LogP contribution in [0.2, 0.25) is 0 Å². The Bertz CT molecular complexity index is 956. The van der Waals surface area contributed by atoms with E-state index in [2.05, 4.69) is 22.3 Å². The van der Waals surface area contributed by atoms with Crippen molar-refractivity contribution in [3.63, 3.8) is 0 Å². The molecular formula is C21H27N3O3S3. The van der Waals surface area contributed by atoms with Gasteiger partial charge in [-0.25, -0.2) is 8.42 Å². The van der Waals surface area contributed by atoms with Crippen LogP contribution in [0.25, 0.3) is 0 Å². The van der Waals surface area contributed by atoms with Gasteiger partial charge in [-0.15, -0.1) is 11.3 Å². The number of nitrogens with zero attached hydrogens (tertiary/aromatic N) is 2. The molecule has 1 N–H and O–H groups in total. The van der Waals surface area contributed by atoms with E-state index in [1.165, 1.54) is 21.2 Å². The second kappa shape index (κ2) is 9.82. The first-order valence-corrected chi connectivity index (χ1v) is 13.7. The first-order valence-electron chi connectivity index (χ1n) is 10.3. The molecule has 0 aliphatic carbocycles. The minimum Gasteiger partial charge on any atom is -0.347 e. The van der Waals surface area contributed by atoms with E-state index in [-0.39, 0.29) is 16.8 Å². The van der Waals surface area contributed by atoms with Gasteiger partial charge < -0.3 is 5.32 Å². The molecule has 1 amide bonds. The summed E-state index contributed by atoms with van der Waals surface area (Å²) in [4.78, 5) is 15.8. The molecule has 0 saturated carbocycles. The van der Waals surface area contributed by atoms with E-state index >= 15 is 0 Å². The van der Waals surface area contributed by atoms with Gasteiger partial charge in [-0.2, -0.15) is 16.1 Å². The molecule has 2 saturated heterocycles. The van der Waals surface area contributed by atoms with Crippen LogP contribution in [-0.2, 0) is 16.6 Å². The van der Waals surface area contributed by atoms with Crippen molar-refractivity contribution in [3.8, 4) is 0 Å². The van der Waals surface area contributed by atoms with Crippen molar-refractivity contribution in [2.45, 2.75) is 30.3 Å². The number of rotatable bonds is 6. The van der Waals surface area contributed by atoms with Crippen molar-refractivity contribution >= 4 is 39.0 Å². The Labute approximate surface area is 186 Å². The lowest BCUT2D eigenvalue weighted by Crippen LogP contribution is -2.47. The molecule has 0 radical (unpaired) electrons. The Kier molecular flexibility index (Phi) is 7.15. The fourth-order valence-corrected chi connectivity index (χ4v) is 7.88. The maximum atomic E-state index is 13.1. The molecule has 0 spiro atoms. The number of nitrogens with one attached hydrogen (secondary N) is 1. The van der Waals surface area contributed by atoms with Gasteiger partial charge in [0.15, 0.2) is 0 Å². The predicted octanol–water partition coefficient (Wildman–Crippen LogP) is 2.88. The average Bonchev–Trinajstić information content (AvgIpc) is 3.27. The molecule has 4 rings (SSSR count). The van der Waals surface area contributed by atoms with Gasteiger partial charge in [0.05, 0.1) is 0 Å². The molecule has 30 heavy (non-hydrogen) atoms. The second-order valence-electron chi connectivity index (χ2n) is 7.66. The van der Waals surface area contributed by atoms with Crippen LogP contribution in [0.3, 0.4) is 0 Å². The molecule has 1 atom stereocenters. The number of thiophene rings is 1. The van der Waals surface area contributed by atoms with Gasteiger partial charge in [-0.05, 0) is 36.4 Å². The van der Waals surface area contributed by atoms with Crippen molar-refractivity contribution in [1.29, 1.82) is 0 Å². The number of benzene rings is 1. The summed E-state index contributed by atoms with van der Waals surface area (Å²) >= 11 is 2.96. The van der Waals surface area contributed by atoms with Gasteiger partial charge in [0.25, 0.3) is 5.91 Å². The highest BCUT2D eigenvalue weighted by Gasteiger charge is 2.32. The summed E-state index contributed by atoms with van der Waals surface area (Å²) < 4.78 is 27.6. The molecule has 1 aromatic carbocycles. The lowest BCUT2D eigenvalue weighted by Gasteiger charge is -2.33. The zero-order valence-corrected chi connectivity index (χ0v) is 19.3. The lowest BCUT2D eigenvalue weighted by molar-refractivity contribution is 0.0901. The highest BCUT2D eigenvalue weighted by atomic mass is 32.2. The van der Waals surface area contributed by atoms with Crippen LogP contribution in [0.5, 0.6) is 0 Å². The lowest BCUT2D eigenvalue weighted by atomic mass is 10.0. The largest absolute Gasteiger partial charge is 0.347 e. The highest BCUT2D eigenvalue weighted by molar-refractivity contribution is 7.99. The van der Waals surface area contributed by atoms with Gasteiger partial charge in [0.2, 0.25) is 10.0 Å². The van der Waals surface area contributed by atoms with Crippen molar-refractivity contribution < 1.29 is 13.2 Å². The summed E-state index contributed by atoms with van der Waals surface area (Å²) in [5.74, 6) is 1.32. The Hall–Kier alpha value is -1.39. The maximum Gasteiger partial charge on any atom is 0.263 e. The number of amides is 1. The second-order valence-corrected chi connectivity index (χ2v) is 11.7. The van der Waals surface area contributed by atoms with E-state index in [1.54, 1.807) is 23.2 Å². The summed E-state index contributed by atoms with van der Waals surface area (Å²) in [6, 6.07) is 11.9. The van der Waals surface area contributed by atoms with E-state index in [9.17, 15) is 13.2 Å². The maximum absolute atomic E-state index is 13.1. The zero-order chi connectivity index (χ0) is 21.0. The molecule has 1 aromatic heterocycles. The Morgan fingerprint density at radius 3 is 2.63 bits per heavy atom. The summed E-state index contributed by atoms with van der Waals surface area (Å²) in [6.07, 6.45) is 1.92. The van der Waals surface area contributed by atoms with E-state index in [4.69, 9.17) is 0 Å². The molecule has 2 aromatic rings. The van der Waals surface area contributed by atoms with Crippen LogP contribution < -0.4 is 5.32 Å². The third-order valence-electron chi connectivity index (χ3n) is 5.51. The number of hydrogen-bond donors (Lipinski definition) is 1. The number of carbonyl (C=O) groups excluding carboxylic acids is 1. The molecule has 3 heterocycles. The van der Waals surface area contributed by atoms with Gasteiger partial charge in [0, 0.05) is 43.7 Å². The molecule has 2 aliphatic heterocycles. The first kappa shape index (κ1) is 21.8. The molecule has 162 valence electrons. The molecule has 0 bridgehead atoms. The fraction of sp³-hybridized carbons (Fsp3) is 0.476. The summed E-state index contributed by atoms with van der Waals surface area (Å²) in [5.41, 5.74) is 1.26. The van der Waals surface area contributed by atoms with E-state index in [0.29, 0.717) is 18.0 Å². The fourth-order valence-electron chi connectivity index (χ4n) is 4.00. The third-order valence-corrected chi connectivity index (χ3v) is 9.44. The highest BCUT2D eigenvalue weighted by Crippen LogP contribution is 2.27. The summed E-state index contributed by atoms with van der Waals surface area (Å²) in [6.45, 7) is 3.64. The van der Waals surface area contributed by atoms with Crippen molar-refractivity contribution in [1.82, 2.24) is 14.5 Å². The molecule has 9 heteroatoms. The standard InChI is InChI=1S/C21H27N3O3S3/c25-21(20-19(8-12-29-20)30(26,27)24-10-13-28-14-11-24)22-18-7-4-9-23(16-18)15-17-5-2-1-3-6-17/h1-3,5-6,8,12,18H,4,7,9-11,13-16H2,(H,22,25). The van der Waals surface area contributed by atoms with Crippen LogP contribution in [0.4, 0.5) is 0 Å². The van der Waals surface area contributed by atoms with E-state index in [1.807, 2.05) is 18.2 Å². The van der Waals surface area contributed by atoms with Gasteiger partial charge >= 0.3 is 0 Å². The Balaban J connectivity index is 1.41. The van der Waals surface area contributed by atoms with Gasteiger partial charge in [-0.3, -0.25) is 9.69 Å². The van der Waals surface area contributed by atoms with Crippen LogP contribution in [0.1, 0.15) is 28.1 Å². The molecule has 1 unspecified atom stereocenters. The van der Waals surface area contributed by atoms with Crippen molar-refractivity contribution in [3.05, 3.63) is 52.2 Å². The minimum atomic E-state index is -3.63. The summed E-state index contributed by atoms with van der Waals surface area (Å²) in [5, 5.41) is 4.79. The SMILES string of the molecule is O=C(NC1CCCN(Cc2ccccc2)C1)c1sccc1S(=O)(=O)N1CCSCC1. The number of thioether (sulfide) groups is 1. The number of sulfonamides is 1. The number of hydrogen-bond acceptors (Lipinski definition) is 6. The topological polar surface area (TPSA) is 69.7 Å². The quantitative estimate of drug-likeness (QED) is 0.710. The van der Waals surface area contributed by atoms with E-state index in [0.717, 1.165) is 44.0 Å². The van der Waals surface area contributed by atoms with Crippen LogP contribution in [0.15, 0.2) is 46.7 Å². The normalized spacial score (nSPS) is 21.4. The average molecular weight is 466 g/mol. The summed E-state index contributed by atoms with van der Waals surface area (Å²) in [7, 11) is -3.63. The van der Waals surface area contributed by atoms with Gasteiger partial charge in [-0.1, -0.05) is 30.3 Å². The van der Waals surface area contributed by atoms with Crippen LogP contribution in [-0.4, -0.2) is 67.3 Å². The smallest absolute Gasteiger partial charge is 0.263 e. The predicted molar refractivity (Wildman–Crippen MR) is 123 cm³/mol. The Morgan fingerprint density at radius 1 is 1.10 bits per heavy atom. The zero-order valence-electron chi connectivity index (χ0n) is 16.8. The van der Waals surface area contributed by atoms with Gasteiger partial charge in [0.1, 0.15) is 9.77 Å². The number of carbonyl (C=O) groups is 1.